The molecule has 3 heteroatoms. The molecule has 0 amide bonds. The van der Waals surface area contributed by atoms with E-state index in [1.165, 1.54) is 10.9 Å². The zero-order valence-electron chi connectivity index (χ0n) is 12.3. The van der Waals surface area contributed by atoms with Crippen LogP contribution in [0.2, 0.25) is 5.02 Å². The molecule has 4 aromatic rings. The first-order valence-electron chi connectivity index (χ1n) is 7.42. The number of halogens is 1. The Morgan fingerprint density at radius 3 is 2.64 bits per heavy atom. The average molecular weight is 307 g/mol. The Morgan fingerprint density at radius 2 is 1.86 bits per heavy atom. The summed E-state index contributed by atoms with van der Waals surface area (Å²) in [7, 11) is 0. The predicted molar refractivity (Wildman–Crippen MR) is 92.5 cm³/mol. The smallest absolute Gasteiger partial charge is 0.0779 e. The molecule has 2 aromatic heterocycles. The van der Waals surface area contributed by atoms with E-state index in [0.717, 1.165) is 33.6 Å². The van der Waals surface area contributed by atoms with Crippen LogP contribution in [0.15, 0.2) is 60.8 Å². The number of hydrogen-bond acceptors (Lipinski definition) is 1. The van der Waals surface area contributed by atoms with Crippen LogP contribution in [0.5, 0.6) is 0 Å². The third-order valence-corrected chi connectivity index (χ3v) is 4.32. The monoisotopic (exact) mass is 306 g/mol. The molecule has 0 aliphatic heterocycles. The second-order valence-electron chi connectivity index (χ2n) is 5.41. The molecule has 2 aromatic carbocycles. The summed E-state index contributed by atoms with van der Waals surface area (Å²) in [4.78, 5) is 0. The van der Waals surface area contributed by atoms with Crippen LogP contribution in [0.25, 0.3) is 27.5 Å². The lowest BCUT2D eigenvalue weighted by Gasteiger charge is -2.10. The molecule has 0 unspecified atom stereocenters. The van der Waals surface area contributed by atoms with Gasteiger partial charge < -0.3 is 0 Å². The molecule has 0 atom stereocenters. The normalized spacial score (nSPS) is 11.4. The molecular weight excluding hydrogens is 292 g/mol. The van der Waals surface area contributed by atoms with E-state index < -0.39 is 0 Å². The molecule has 0 bridgehead atoms. The third-order valence-electron chi connectivity index (χ3n) is 4.09. The lowest BCUT2D eigenvalue weighted by molar-refractivity contribution is 0.975. The maximum absolute atomic E-state index is 6.21. The van der Waals surface area contributed by atoms with E-state index in [-0.39, 0.29) is 0 Å². The minimum Gasteiger partial charge on any atom is -0.232 e. The summed E-state index contributed by atoms with van der Waals surface area (Å²) < 4.78 is 2.03. The Balaban J connectivity index is 2.18. The molecule has 0 spiro atoms. The van der Waals surface area contributed by atoms with Crippen molar-refractivity contribution in [2.45, 2.75) is 13.3 Å². The molecule has 2 heterocycles. The van der Waals surface area contributed by atoms with Gasteiger partial charge in [-0.1, -0.05) is 54.9 Å². The van der Waals surface area contributed by atoms with Crippen LogP contribution in [0, 0.1) is 0 Å². The molecule has 0 aliphatic carbocycles. The summed E-state index contributed by atoms with van der Waals surface area (Å²) in [5, 5.41) is 7.71. The number of rotatable bonds is 2. The zero-order chi connectivity index (χ0) is 15.1. The second-order valence-corrected chi connectivity index (χ2v) is 5.85. The van der Waals surface area contributed by atoms with Crippen LogP contribution in [-0.4, -0.2) is 9.61 Å². The molecule has 4 rings (SSSR count). The van der Waals surface area contributed by atoms with Gasteiger partial charge in [0.2, 0.25) is 0 Å². The quantitative estimate of drug-likeness (QED) is 0.486. The van der Waals surface area contributed by atoms with Gasteiger partial charge in [-0.3, -0.25) is 0 Å². The average Bonchev–Trinajstić information content (AvgIpc) is 2.99. The standard InChI is InChI=1S/C19H15ClN2/c1-2-13-12-21-22-18(14-6-4-3-5-7-14)10-15-8-9-16(20)11-17(15)19(13)22/h3-12H,2H2,1H3. The Morgan fingerprint density at radius 1 is 1.05 bits per heavy atom. The van der Waals surface area contributed by atoms with Crippen molar-refractivity contribution in [2.24, 2.45) is 0 Å². The Kier molecular flexibility index (Phi) is 3.12. The highest BCUT2D eigenvalue weighted by Gasteiger charge is 2.13. The largest absolute Gasteiger partial charge is 0.232 e. The Labute approximate surface area is 134 Å². The van der Waals surface area contributed by atoms with E-state index in [2.05, 4.69) is 48.4 Å². The van der Waals surface area contributed by atoms with Crippen molar-refractivity contribution in [3.05, 3.63) is 71.4 Å². The van der Waals surface area contributed by atoms with E-state index in [4.69, 9.17) is 11.6 Å². The molecule has 0 saturated heterocycles. The van der Waals surface area contributed by atoms with Gasteiger partial charge in [0, 0.05) is 16.0 Å². The van der Waals surface area contributed by atoms with Gasteiger partial charge in [0.05, 0.1) is 17.4 Å². The summed E-state index contributed by atoms with van der Waals surface area (Å²) in [6.07, 6.45) is 2.91. The zero-order valence-corrected chi connectivity index (χ0v) is 13.0. The number of pyridine rings is 1. The summed E-state index contributed by atoms with van der Waals surface area (Å²) in [5.74, 6) is 0. The van der Waals surface area contributed by atoms with Crippen LogP contribution in [0.4, 0.5) is 0 Å². The van der Waals surface area contributed by atoms with Gasteiger partial charge in [0.15, 0.2) is 0 Å². The van der Waals surface area contributed by atoms with Crippen LogP contribution < -0.4 is 0 Å². The number of hydrogen-bond donors (Lipinski definition) is 0. The van der Waals surface area contributed by atoms with Crippen LogP contribution in [0.1, 0.15) is 12.5 Å². The van der Waals surface area contributed by atoms with Gasteiger partial charge in [-0.2, -0.15) is 5.10 Å². The molecule has 0 N–H and O–H groups in total. The van der Waals surface area contributed by atoms with Crippen molar-refractivity contribution in [2.75, 3.05) is 0 Å². The first kappa shape index (κ1) is 13.4. The molecule has 0 saturated carbocycles. The van der Waals surface area contributed by atoms with Gasteiger partial charge in [0.1, 0.15) is 0 Å². The minimum atomic E-state index is 0.755. The van der Waals surface area contributed by atoms with Crippen molar-refractivity contribution in [1.29, 1.82) is 0 Å². The summed E-state index contributed by atoms with van der Waals surface area (Å²) in [6.45, 7) is 2.16. The van der Waals surface area contributed by atoms with E-state index >= 15 is 0 Å². The first-order valence-corrected chi connectivity index (χ1v) is 7.80. The Hall–Kier alpha value is -2.32. The number of aromatic nitrogens is 2. The predicted octanol–water partition coefficient (Wildman–Crippen LogP) is 5.37. The maximum atomic E-state index is 6.21. The molecule has 108 valence electrons. The molecule has 22 heavy (non-hydrogen) atoms. The van der Waals surface area contributed by atoms with Crippen LogP contribution in [0.3, 0.4) is 0 Å². The van der Waals surface area contributed by atoms with Gasteiger partial charge in [0.25, 0.3) is 0 Å². The molecule has 2 nitrogen and oxygen atoms in total. The van der Waals surface area contributed by atoms with E-state index in [0.29, 0.717) is 0 Å². The van der Waals surface area contributed by atoms with Crippen LogP contribution in [-0.2, 0) is 6.42 Å². The highest BCUT2D eigenvalue weighted by atomic mass is 35.5. The molecule has 0 radical (unpaired) electrons. The topological polar surface area (TPSA) is 17.3 Å². The van der Waals surface area contributed by atoms with Crippen LogP contribution >= 0.6 is 11.6 Å². The number of nitrogens with zero attached hydrogens (tertiary/aromatic N) is 2. The summed E-state index contributed by atoms with van der Waals surface area (Å²) in [5.41, 5.74) is 4.66. The van der Waals surface area contributed by atoms with Crippen molar-refractivity contribution < 1.29 is 0 Å². The summed E-state index contributed by atoms with van der Waals surface area (Å²) >= 11 is 6.21. The summed E-state index contributed by atoms with van der Waals surface area (Å²) in [6, 6.07) is 18.6. The second kappa shape index (κ2) is 5.15. The molecule has 0 aliphatic rings. The van der Waals surface area contributed by atoms with Gasteiger partial charge in [-0.05, 0) is 35.6 Å². The molecular formula is C19H15ClN2. The Bertz CT molecular complexity index is 971. The van der Waals surface area contributed by atoms with Gasteiger partial charge in [-0.15, -0.1) is 0 Å². The van der Waals surface area contributed by atoms with Crippen molar-refractivity contribution in [3.8, 4) is 11.3 Å². The maximum Gasteiger partial charge on any atom is 0.0779 e. The first-order chi connectivity index (χ1) is 10.8. The van der Waals surface area contributed by atoms with Crippen molar-refractivity contribution in [1.82, 2.24) is 9.61 Å². The lowest BCUT2D eigenvalue weighted by Crippen LogP contribution is -1.95. The van der Waals surface area contributed by atoms with Gasteiger partial charge in [-0.25, -0.2) is 4.52 Å². The number of fused-ring (bicyclic) bond motifs is 3. The van der Waals surface area contributed by atoms with Gasteiger partial charge >= 0.3 is 0 Å². The highest BCUT2D eigenvalue weighted by Crippen LogP contribution is 2.31. The fourth-order valence-electron chi connectivity index (χ4n) is 2.99. The molecule has 0 fully saturated rings. The lowest BCUT2D eigenvalue weighted by atomic mass is 10.0. The SMILES string of the molecule is CCc1cnn2c(-c3ccccc3)cc3ccc(Cl)cc3c12. The number of benzene rings is 2. The van der Waals surface area contributed by atoms with E-state index in [1.807, 2.05) is 28.9 Å². The fraction of sp³-hybridized carbons (Fsp3) is 0.105. The highest BCUT2D eigenvalue weighted by molar-refractivity contribution is 6.31. The third kappa shape index (κ3) is 1.99. The van der Waals surface area contributed by atoms with Crippen molar-refractivity contribution in [3.63, 3.8) is 0 Å². The van der Waals surface area contributed by atoms with E-state index in [9.17, 15) is 0 Å². The fourth-order valence-corrected chi connectivity index (χ4v) is 3.17. The minimum absolute atomic E-state index is 0.755. The van der Waals surface area contributed by atoms with E-state index in [1.54, 1.807) is 0 Å². The number of aryl methyl sites for hydroxylation is 1. The van der Waals surface area contributed by atoms with Crippen molar-refractivity contribution >= 4 is 27.9 Å².